The van der Waals surface area contributed by atoms with Crippen molar-refractivity contribution in [2.45, 2.75) is 149 Å². The number of nitrogens with zero attached hydrogens (tertiary/aromatic N) is 4. The summed E-state index contributed by atoms with van der Waals surface area (Å²) >= 11 is 0. The minimum absolute atomic E-state index is 0.398. The molecule has 524 valence electrons. The third kappa shape index (κ3) is 19.7. The molecule has 0 aliphatic heterocycles. The van der Waals surface area contributed by atoms with Crippen LogP contribution >= 0.6 is 0 Å². The Hall–Kier alpha value is -9.21. The van der Waals surface area contributed by atoms with E-state index in [2.05, 4.69) is 226 Å². The molecule has 8 aromatic carbocycles. The van der Waals surface area contributed by atoms with Crippen LogP contribution in [-0.2, 0) is 40.9 Å². The lowest BCUT2D eigenvalue weighted by atomic mass is 9.86. The second-order valence-corrected chi connectivity index (χ2v) is 41.9. The maximum absolute atomic E-state index is 9.08. The zero-order valence-corrected chi connectivity index (χ0v) is 66.9. The molecule has 0 saturated heterocycles. The SMILES string of the molecule is [2H]C([2H])([2H])c1cc(C)c(-c2cc(C)cc[n+]2C)cc1-c1ccccc1.[2H]C([2H])([2H])c1cc(C)c(-c2ccc([Si](C)(C)C)c[n+]2C)cc1-c1ccccc1.[2H]C([2H])(c1c[n+](C)c(-c2cc(-c3ccccc3)ccc2C)cc1C)C(C)(C)C.[2H]C([2H])(c1cc(-c2cc(-c3ccccc3)ccc2C)[n+](C)cc1[Si](C)(C)C)C(C)(C)C. The molecule has 0 aliphatic carbocycles. The lowest BCUT2D eigenvalue weighted by molar-refractivity contribution is -0.661. The van der Waals surface area contributed by atoms with Crippen molar-refractivity contribution in [2.24, 2.45) is 39.0 Å². The van der Waals surface area contributed by atoms with Gasteiger partial charge in [0.25, 0.3) is 0 Å². The molecule has 0 aliphatic rings. The quantitative estimate of drug-likeness (QED) is 0.0856. The van der Waals surface area contributed by atoms with Gasteiger partial charge < -0.3 is 0 Å². The van der Waals surface area contributed by atoms with Crippen LogP contribution in [0, 0.1) is 66.1 Å². The van der Waals surface area contributed by atoms with Crippen LogP contribution in [0.4, 0.5) is 0 Å². The van der Waals surface area contributed by atoms with E-state index in [1.807, 2.05) is 186 Å². The van der Waals surface area contributed by atoms with E-state index < -0.39 is 53.4 Å². The van der Waals surface area contributed by atoms with Crippen LogP contribution in [-0.4, -0.2) is 16.1 Å². The number of benzene rings is 8. The molecule has 4 nitrogen and oxygen atoms in total. The Morgan fingerprint density at radius 2 is 0.716 bits per heavy atom. The Labute approximate surface area is 631 Å². The molecule has 0 radical (unpaired) electrons. The van der Waals surface area contributed by atoms with Gasteiger partial charge in [0.15, 0.2) is 24.8 Å². The molecule has 12 rings (SSSR count). The molecular formula is C96H116N4Si2+4. The van der Waals surface area contributed by atoms with Crippen molar-refractivity contribution >= 4 is 26.5 Å². The van der Waals surface area contributed by atoms with E-state index in [4.69, 9.17) is 13.7 Å². The molecule has 4 heterocycles. The van der Waals surface area contributed by atoms with Gasteiger partial charge in [-0.25, -0.2) is 18.3 Å². The number of aromatic nitrogens is 4. The third-order valence-electron chi connectivity index (χ3n) is 18.6. The summed E-state index contributed by atoms with van der Waals surface area (Å²) in [6.45, 7) is 33.7. The zero-order chi connectivity index (χ0) is 82.8. The van der Waals surface area contributed by atoms with Crippen molar-refractivity contribution in [2.75, 3.05) is 0 Å². The number of hydrogen-bond acceptors (Lipinski definition) is 0. The molecule has 6 heteroatoms. The molecule has 0 N–H and O–H groups in total. The van der Waals surface area contributed by atoms with Crippen LogP contribution in [0.5, 0.6) is 0 Å². The number of aryl methyl sites for hydroxylation is 12. The molecule has 102 heavy (non-hydrogen) atoms. The average Bonchev–Trinajstić information content (AvgIpc) is 0.724. The Kier molecular flexibility index (Phi) is 20.2. The smallest absolute Gasteiger partial charge is 0.201 e. The Morgan fingerprint density at radius 3 is 1.15 bits per heavy atom. The maximum Gasteiger partial charge on any atom is 0.212 e. The first kappa shape index (κ1) is 63.7. The topological polar surface area (TPSA) is 15.5 Å². The summed E-state index contributed by atoms with van der Waals surface area (Å²) in [6.07, 6.45) is 5.56. The van der Waals surface area contributed by atoms with Crippen molar-refractivity contribution in [3.05, 3.63) is 299 Å². The molecular weight excluding hydrogens is 1270 g/mol. The highest BCUT2D eigenvalue weighted by Gasteiger charge is 2.30. The molecule has 0 atom stereocenters. The summed E-state index contributed by atoms with van der Waals surface area (Å²) in [5.41, 5.74) is 24.8. The van der Waals surface area contributed by atoms with E-state index >= 15 is 0 Å². The van der Waals surface area contributed by atoms with E-state index in [1.165, 1.54) is 54.9 Å². The van der Waals surface area contributed by atoms with Gasteiger partial charge in [0.05, 0.1) is 16.1 Å². The lowest BCUT2D eigenvalue weighted by Crippen LogP contribution is -2.47. The highest BCUT2D eigenvalue weighted by molar-refractivity contribution is 6.89. The fraction of sp³-hybridized carbons (Fsp3) is 0.292. The summed E-state index contributed by atoms with van der Waals surface area (Å²) < 4.78 is 91.8. The van der Waals surface area contributed by atoms with Gasteiger partial charge in [0.2, 0.25) is 22.8 Å². The van der Waals surface area contributed by atoms with Crippen molar-refractivity contribution in [1.82, 2.24) is 0 Å². The van der Waals surface area contributed by atoms with Crippen LogP contribution < -0.4 is 28.6 Å². The first-order chi connectivity index (χ1) is 52.0. The van der Waals surface area contributed by atoms with E-state index in [1.54, 1.807) is 0 Å². The highest BCUT2D eigenvalue weighted by Crippen LogP contribution is 2.36. The molecule has 0 unspecified atom stereocenters. The van der Waals surface area contributed by atoms with Gasteiger partial charge in [-0.05, 0) is 198 Å². The second-order valence-electron chi connectivity index (χ2n) is 31.8. The van der Waals surface area contributed by atoms with Gasteiger partial charge in [-0.15, -0.1) is 0 Å². The predicted molar refractivity (Wildman–Crippen MR) is 444 cm³/mol. The van der Waals surface area contributed by atoms with Gasteiger partial charge in [-0.1, -0.05) is 245 Å². The Balaban J connectivity index is 0.000000172. The Morgan fingerprint density at radius 1 is 0.314 bits per heavy atom. The standard InChI is InChI=1S/C27H36NSi.C25H30N.C23H28NSi.C21H22N/c1-20-14-15-22(21-12-10-9-11-13-21)16-24(20)25-17-23(18-27(2,3)4)26(19-28(25)5)29(6,7)8;1-18-12-13-21(20-10-8-7-9-11-20)15-23(18)24-14-19(2)22(17-26(24)6)16-25(3,4)5;1-17-14-18(2)22(15-21(17)19-10-8-7-9-11-19)23-13-12-20(16-24(23)3)25(4,5)6;1-15-10-11-22(4)21(12-15)20-14-19(16(2)13-17(20)3)18-8-6-5-7-9-18/h9-17,19H,18H2,1-8H3;7-15,17H,16H2,1-6H3;7-16H,1-6H3;5-14H,1-4H3/q4*+1/i18D2;16D2;1D3;2D3. The fourth-order valence-corrected chi connectivity index (χ4v) is 15.6. The van der Waals surface area contributed by atoms with Crippen molar-refractivity contribution in [3.63, 3.8) is 0 Å². The van der Waals surface area contributed by atoms with Crippen LogP contribution in [0.15, 0.2) is 243 Å². The first-order valence-electron chi connectivity index (χ1n) is 40.8. The molecule has 0 amide bonds. The zero-order valence-electron chi connectivity index (χ0n) is 74.9. The van der Waals surface area contributed by atoms with Crippen LogP contribution in [0.3, 0.4) is 0 Å². The molecule has 0 spiro atoms. The van der Waals surface area contributed by atoms with Gasteiger partial charge >= 0.3 is 0 Å². The van der Waals surface area contributed by atoms with Crippen LogP contribution in [0.1, 0.15) is 111 Å². The molecule has 0 saturated carbocycles. The minimum atomic E-state index is -2.15. The number of pyridine rings is 4. The summed E-state index contributed by atoms with van der Waals surface area (Å²) in [7, 11) is 5.01. The van der Waals surface area contributed by atoms with E-state index in [0.29, 0.717) is 11.1 Å². The summed E-state index contributed by atoms with van der Waals surface area (Å²) in [6, 6.07) is 74.0. The Bertz CT molecular complexity index is 5340. The third-order valence-corrected chi connectivity index (χ3v) is 22.6. The largest absolute Gasteiger partial charge is 0.212 e. The average molecular weight is 1390 g/mol. The van der Waals surface area contributed by atoms with Crippen LogP contribution in [0.25, 0.3) is 89.5 Å². The summed E-state index contributed by atoms with van der Waals surface area (Å²) in [4.78, 5) is 0. The molecule has 0 fully saturated rings. The van der Waals surface area contributed by atoms with Crippen molar-refractivity contribution < 1.29 is 32.0 Å². The van der Waals surface area contributed by atoms with Gasteiger partial charge in [0.1, 0.15) is 28.2 Å². The van der Waals surface area contributed by atoms with E-state index in [0.717, 1.165) is 89.5 Å². The summed E-state index contributed by atoms with van der Waals surface area (Å²) in [5, 5.41) is 2.59. The molecule has 12 aromatic rings. The predicted octanol–water partition coefficient (Wildman–Crippen LogP) is 22.1. The van der Waals surface area contributed by atoms with Gasteiger partial charge in [0, 0.05) is 82.2 Å². The lowest BCUT2D eigenvalue weighted by Gasteiger charge is -2.25. The number of rotatable bonds is 12. The van der Waals surface area contributed by atoms with Gasteiger partial charge in [-0.3, -0.25) is 0 Å². The van der Waals surface area contributed by atoms with Crippen molar-refractivity contribution in [3.8, 4) is 89.5 Å². The monoisotopic (exact) mass is 1390 g/mol. The normalized spacial score (nSPS) is 13.6. The van der Waals surface area contributed by atoms with Crippen LogP contribution in [0.2, 0.25) is 39.3 Å². The van der Waals surface area contributed by atoms with Gasteiger partial charge in [-0.2, -0.15) is 0 Å². The molecule has 4 aromatic heterocycles. The first-order valence-corrected chi connectivity index (χ1v) is 42.8. The van der Waals surface area contributed by atoms with Crippen molar-refractivity contribution in [1.29, 1.82) is 0 Å². The fourth-order valence-electron chi connectivity index (χ4n) is 12.9. The molecule has 0 bridgehead atoms. The highest BCUT2D eigenvalue weighted by atomic mass is 28.3. The second kappa shape index (κ2) is 32.4. The number of hydrogen-bond donors (Lipinski definition) is 0. The minimum Gasteiger partial charge on any atom is -0.201 e. The maximum atomic E-state index is 9.08. The summed E-state index contributed by atoms with van der Waals surface area (Å²) in [5.74, 6) is 0. The van der Waals surface area contributed by atoms with E-state index in [9.17, 15) is 0 Å². The van der Waals surface area contributed by atoms with E-state index in [-0.39, 0.29) is 0 Å².